The summed E-state index contributed by atoms with van der Waals surface area (Å²) in [4.78, 5) is 26.9. The Kier molecular flexibility index (Phi) is 5.08. The summed E-state index contributed by atoms with van der Waals surface area (Å²) in [6.45, 7) is 3.64. The van der Waals surface area contributed by atoms with E-state index < -0.39 is 12.0 Å². The molecule has 0 aromatic heterocycles. The first kappa shape index (κ1) is 16.1. The maximum absolute atomic E-state index is 12.4. The van der Waals surface area contributed by atoms with Crippen LogP contribution in [0.25, 0.3) is 0 Å². The minimum atomic E-state index is -0.854. The minimum absolute atomic E-state index is 0.176. The highest BCUT2D eigenvalue weighted by Crippen LogP contribution is 2.22. The van der Waals surface area contributed by atoms with Gasteiger partial charge >= 0.3 is 5.97 Å². The van der Waals surface area contributed by atoms with Crippen LogP contribution < -0.4 is 0 Å². The van der Waals surface area contributed by atoms with E-state index in [1.165, 1.54) is 0 Å². The molecule has 1 fully saturated rings. The molecule has 0 bridgehead atoms. The van der Waals surface area contributed by atoms with Crippen LogP contribution in [0.1, 0.15) is 17.3 Å². The number of carbonyl (C=O) groups is 2. The largest absolute Gasteiger partial charge is 0.480 e. The summed E-state index contributed by atoms with van der Waals surface area (Å²) in [5.41, 5.74) is 0.379. The summed E-state index contributed by atoms with van der Waals surface area (Å²) in [5.74, 6) is -1.03. The fourth-order valence-electron chi connectivity index (χ4n) is 2.30. The topological polar surface area (TPSA) is 60.9 Å². The number of rotatable bonds is 3. The van der Waals surface area contributed by atoms with Crippen molar-refractivity contribution in [2.45, 2.75) is 13.0 Å². The van der Waals surface area contributed by atoms with Crippen LogP contribution in [-0.2, 0) is 4.79 Å². The molecule has 114 valence electrons. The Morgan fingerprint density at radius 3 is 2.38 bits per heavy atom. The van der Waals surface area contributed by atoms with Gasteiger partial charge in [0.1, 0.15) is 6.04 Å². The molecule has 0 aliphatic carbocycles. The van der Waals surface area contributed by atoms with Gasteiger partial charge in [-0.25, -0.2) is 0 Å². The van der Waals surface area contributed by atoms with E-state index in [4.69, 9.17) is 28.3 Å². The van der Waals surface area contributed by atoms with Crippen molar-refractivity contribution in [3.05, 3.63) is 33.8 Å². The van der Waals surface area contributed by atoms with Crippen LogP contribution in [0, 0.1) is 0 Å². The molecule has 1 N–H and O–H groups in total. The molecule has 1 atom stereocenters. The van der Waals surface area contributed by atoms with Crippen molar-refractivity contribution < 1.29 is 14.7 Å². The summed E-state index contributed by atoms with van der Waals surface area (Å²) in [6.07, 6.45) is 0. The van der Waals surface area contributed by atoms with Gasteiger partial charge in [0.2, 0.25) is 0 Å². The predicted molar refractivity (Wildman–Crippen MR) is 81.0 cm³/mol. The number of hydrogen-bond acceptors (Lipinski definition) is 3. The number of aliphatic carboxylic acids is 1. The second-order valence-corrected chi connectivity index (χ2v) is 5.81. The van der Waals surface area contributed by atoms with E-state index in [0.717, 1.165) is 0 Å². The molecule has 7 heteroatoms. The summed E-state index contributed by atoms with van der Waals surface area (Å²) in [5, 5.41) is 9.83. The van der Waals surface area contributed by atoms with Crippen molar-refractivity contribution in [1.29, 1.82) is 0 Å². The van der Waals surface area contributed by atoms with Crippen LogP contribution in [0.4, 0.5) is 0 Å². The molecule has 1 heterocycles. The van der Waals surface area contributed by atoms with Gasteiger partial charge in [-0.1, -0.05) is 23.2 Å². The molecule has 1 aliphatic heterocycles. The average molecular weight is 331 g/mol. The lowest BCUT2D eigenvalue weighted by atomic mass is 10.1. The third-order valence-electron chi connectivity index (χ3n) is 3.67. The highest BCUT2D eigenvalue weighted by molar-refractivity contribution is 6.35. The SMILES string of the molecule is CC(C(=O)O)N1CCN(C(=O)c2cc(Cl)ccc2Cl)CC1. The molecule has 21 heavy (non-hydrogen) atoms. The monoisotopic (exact) mass is 330 g/mol. The Bertz CT molecular complexity index is 557. The number of carbonyl (C=O) groups excluding carboxylic acids is 1. The third kappa shape index (κ3) is 3.67. The number of hydrogen-bond donors (Lipinski definition) is 1. The van der Waals surface area contributed by atoms with E-state index in [-0.39, 0.29) is 5.91 Å². The summed E-state index contributed by atoms with van der Waals surface area (Å²) >= 11 is 11.9. The molecule has 0 saturated carbocycles. The van der Waals surface area contributed by atoms with Crippen LogP contribution in [0.2, 0.25) is 10.0 Å². The number of nitrogens with zero attached hydrogens (tertiary/aromatic N) is 2. The van der Waals surface area contributed by atoms with Gasteiger partial charge in [0, 0.05) is 31.2 Å². The maximum atomic E-state index is 12.4. The minimum Gasteiger partial charge on any atom is -0.480 e. The van der Waals surface area contributed by atoms with Gasteiger partial charge in [-0.05, 0) is 25.1 Å². The molecule has 2 rings (SSSR count). The number of piperazine rings is 1. The summed E-state index contributed by atoms with van der Waals surface area (Å²) in [7, 11) is 0. The van der Waals surface area contributed by atoms with Gasteiger partial charge in [-0.15, -0.1) is 0 Å². The van der Waals surface area contributed by atoms with Gasteiger partial charge in [-0.2, -0.15) is 0 Å². The van der Waals surface area contributed by atoms with Gasteiger partial charge in [0.15, 0.2) is 0 Å². The molecule has 0 radical (unpaired) electrons. The van der Waals surface area contributed by atoms with Crippen molar-refractivity contribution in [3.63, 3.8) is 0 Å². The average Bonchev–Trinajstić information content (AvgIpc) is 2.48. The number of halogens is 2. The summed E-state index contributed by atoms with van der Waals surface area (Å²) in [6, 6.07) is 4.24. The Morgan fingerprint density at radius 2 is 1.81 bits per heavy atom. The quantitative estimate of drug-likeness (QED) is 0.923. The summed E-state index contributed by atoms with van der Waals surface area (Å²) < 4.78 is 0. The molecule has 1 saturated heterocycles. The lowest BCUT2D eigenvalue weighted by Crippen LogP contribution is -2.53. The zero-order chi connectivity index (χ0) is 15.6. The van der Waals surface area contributed by atoms with Crippen LogP contribution in [-0.4, -0.2) is 59.0 Å². The number of amides is 1. The fourth-order valence-corrected chi connectivity index (χ4v) is 2.67. The number of benzene rings is 1. The Labute approximate surface area is 133 Å². The smallest absolute Gasteiger partial charge is 0.320 e. The Hall–Kier alpha value is -1.30. The molecule has 1 aliphatic rings. The van der Waals surface area contributed by atoms with Crippen LogP contribution >= 0.6 is 23.2 Å². The predicted octanol–water partition coefficient (Wildman–Crippen LogP) is 2.22. The van der Waals surface area contributed by atoms with E-state index in [2.05, 4.69) is 0 Å². The maximum Gasteiger partial charge on any atom is 0.320 e. The first-order valence-electron chi connectivity index (χ1n) is 6.61. The van der Waals surface area contributed by atoms with Gasteiger partial charge in [0.25, 0.3) is 5.91 Å². The lowest BCUT2D eigenvalue weighted by molar-refractivity contribution is -0.143. The van der Waals surface area contributed by atoms with E-state index in [0.29, 0.717) is 41.8 Å². The lowest BCUT2D eigenvalue weighted by Gasteiger charge is -2.36. The standard InChI is InChI=1S/C14H16Cl2N2O3/c1-9(14(20)21)17-4-6-18(7-5-17)13(19)11-8-10(15)2-3-12(11)16/h2-3,8-9H,4-7H2,1H3,(H,20,21). The number of carboxylic acids is 1. The normalized spacial score (nSPS) is 17.6. The van der Waals surface area contributed by atoms with Crippen molar-refractivity contribution in [2.75, 3.05) is 26.2 Å². The molecule has 5 nitrogen and oxygen atoms in total. The highest BCUT2D eigenvalue weighted by atomic mass is 35.5. The molecular weight excluding hydrogens is 315 g/mol. The highest BCUT2D eigenvalue weighted by Gasteiger charge is 2.28. The van der Waals surface area contributed by atoms with Gasteiger partial charge in [-0.3, -0.25) is 14.5 Å². The van der Waals surface area contributed by atoms with Crippen molar-refractivity contribution in [3.8, 4) is 0 Å². The van der Waals surface area contributed by atoms with Gasteiger partial charge in [0.05, 0.1) is 10.6 Å². The first-order valence-corrected chi connectivity index (χ1v) is 7.37. The first-order chi connectivity index (χ1) is 9.90. The van der Waals surface area contributed by atoms with E-state index in [9.17, 15) is 9.59 Å². The molecule has 1 amide bonds. The second kappa shape index (κ2) is 6.64. The zero-order valence-electron chi connectivity index (χ0n) is 11.6. The van der Waals surface area contributed by atoms with Crippen molar-refractivity contribution in [1.82, 2.24) is 9.80 Å². The molecule has 0 spiro atoms. The van der Waals surface area contributed by atoms with Crippen LogP contribution in [0.15, 0.2) is 18.2 Å². The molecule has 1 aromatic carbocycles. The van der Waals surface area contributed by atoms with Crippen LogP contribution in [0.5, 0.6) is 0 Å². The Balaban J connectivity index is 2.03. The van der Waals surface area contributed by atoms with Gasteiger partial charge < -0.3 is 10.0 Å². The van der Waals surface area contributed by atoms with E-state index in [1.807, 2.05) is 4.90 Å². The van der Waals surface area contributed by atoms with E-state index in [1.54, 1.807) is 30.0 Å². The molecule has 1 unspecified atom stereocenters. The molecular formula is C14H16Cl2N2O3. The molecule has 1 aromatic rings. The number of carboxylic acid groups (broad SMARTS) is 1. The second-order valence-electron chi connectivity index (χ2n) is 4.97. The van der Waals surface area contributed by atoms with Crippen LogP contribution in [0.3, 0.4) is 0 Å². The third-order valence-corrected chi connectivity index (χ3v) is 4.23. The fraction of sp³-hybridized carbons (Fsp3) is 0.429. The van der Waals surface area contributed by atoms with E-state index >= 15 is 0 Å². The Morgan fingerprint density at radius 1 is 1.19 bits per heavy atom. The van der Waals surface area contributed by atoms with Crippen molar-refractivity contribution in [2.24, 2.45) is 0 Å². The zero-order valence-corrected chi connectivity index (χ0v) is 13.1. The van der Waals surface area contributed by atoms with Crippen molar-refractivity contribution >= 4 is 35.1 Å².